The molecule has 1 atom stereocenters. The Bertz CT molecular complexity index is 561. The van der Waals surface area contributed by atoms with Crippen LogP contribution in [0.2, 0.25) is 0 Å². The van der Waals surface area contributed by atoms with Crippen LogP contribution in [0.1, 0.15) is 24.8 Å². The number of amides is 1. The number of halogens is 1. The fourth-order valence-electron chi connectivity index (χ4n) is 3.34. The second-order valence-corrected chi connectivity index (χ2v) is 7.06. The van der Waals surface area contributed by atoms with Gasteiger partial charge in [-0.3, -0.25) is 9.59 Å². The summed E-state index contributed by atoms with van der Waals surface area (Å²) in [5, 5.41) is 9.08. The van der Waals surface area contributed by atoms with Crippen molar-refractivity contribution in [3.63, 3.8) is 0 Å². The van der Waals surface area contributed by atoms with Crippen molar-refractivity contribution in [3.05, 3.63) is 34.3 Å². The van der Waals surface area contributed by atoms with Gasteiger partial charge in [0.2, 0.25) is 5.91 Å². The highest BCUT2D eigenvalue weighted by atomic mass is 79.9. The molecule has 1 aromatic carbocycles. The lowest BCUT2D eigenvalue weighted by Crippen LogP contribution is -2.40. The van der Waals surface area contributed by atoms with Gasteiger partial charge in [0.15, 0.2) is 0 Å². The number of benzene rings is 1. The Hall–Kier alpha value is -1.36. The largest absolute Gasteiger partial charge is 0.481 e. The third kappa shape index (κ3) is 2.98. The summed E-state index contributed by atoms with van der Waals surface area (Å²) < 4.78 is 1.01. The van der Waals surface area contributed by atoms with Crippen LogP contribution in [0.25, 0.3) is 0 Å². The standard InChI is InChI=1S/C16H18BrNO3/c17-12-3-1-11(2-4-12)9-14(19)18-7-5-16(6-8-18)10-13(16)15(20)21/h1-4,13H,5-10H2,(H,20,21). The number of hydrogen-bond acceptors (Lipinski definition) is 2. The highest BCUT2D eigenvalue weighted by Crippen LogP contribution is 2.59. The summed E-state index contributed by atoms with van der Waals surface area (Å²) in [7, 11) is 0. The van der Waals surface area contributed by atoms with Crippen molar-refractivity contribution in [2.24, 2.45) is 11.3 Å². The third-order valence-electron chi connectivity index (χ3n) is 4.87. The molecule has 1 spiro atoms. The SMILES string of the molecule is O=C(O)C1CC12CCN(C(=O)Cc1ccc(Br)cc1)CC2. The number of hydrogen-bond donors (Lipinski definition) is 1. The maximum atomic E-state index is 12.3. The van der Waals surface area contributed by atoms with E-state index in [0.29, 0.717) is 19.5 Å². The van der Waals surface area contributed by atoms with Crippen LogP contribution in [-0.2, 0) is 16.0 Å². The second kappa shape index (κ2) is 5.44. The summed E-state index contributed by atoms with van der Waals surface area (Å²) >= 11 is 3.38. The molecule has 1 N–H and O–H groups in total. The summed E-state index contributed by atoms with van der Waals surface area (Å²) in [5.41, 5.74) is 0.999. The molecule has 1 heterocycles. The van der Waals surface area contributed by atoms with Gasteiger partial charge in [-0.15, -0.1) is 0 Å². The van der Waals surface area contributed by atoms with Gasteiger partial charge in [-0.05, 0) is 42.4 Å². The van der Waals surface area contributed by atoms with Gasteiger partial charge in [0.05, 0.1) is 12.3 Å². The first-order valence-corrected chi connectivity index (χ1v) is 8.04. The van der Waals surface area contributed by atoms with Crippen molar-refractivity contribution >= 4 is 27.8 Å². The number of carboxylic acids is 1. The number of rotatable bonds is 3. The molecule has 1 aromatic rings. The lowest BCUT2D eigenvalue weighted by molar-refractivity contribution is -0.139. The summed E-state index contributed by atoms with van der Waals surface area (Å²) in [6.45, 7) is 1.39. The molecule has 1 aliphatic carbocycles. The number of piperidine rings is 1. The van der Waals surface area contributed by atoms with Crippen molar-refractivity contribution < 1.29 is 14.7 Å². The summed E-state index contributed by atoms with van der Waals surface area (Å²) in [6.07, 6.45) is 2.87. The number of aliphatic carboxylic acids is 1. The molecule has 1 unspecified atom stereocenters. The van der Waals surface area contributed by atoms with E-state index >= 15 is 0 Å². The van der Waals surface area contributed by atoms with Crippen LogP contribution < -0.4 is 0 Å². The van der Waals surface area contributed by atoms with E-state index in [-0.39, 0.29) is 17.2 Å². The van der Waals surface area contributed by atoms with Gasteiger partial charge in [-0.1, -0.05) is 28.1 Å². The van der Waals surface area contributed by atoms with Crippen LogP contribution in [0.15, 0.2) is 28.7 Å². The molecule has 4 nitrogen and oxygen atoms in total. The Morgan fingerprint density at radius 2 is 1.86 bits per heavy atom. The minimum absolute atomic E-state index is 0.0137. The highest BCUT2D eigenvalue weighted by molar-refractivity contribution is 9.10. The molecule has 112 valence electrons. The van der Waals surface area contributed by atoms with Crippen molar-refractivity contribution in [2.45, 2.75) is 25.7 Å². The van der Waals surface area contributed by atoms with Gasteiger partial charge in [0.25, 0.3) is 0 Å². The van der Waals surface area contributed by atoms with E-state index in [1.54, 1.807) is 0 Å². The van der Waals surface area contributed by atoms with Crippen molar-refractivity contribution in [3.8, 4) is 0 Å². The van der Waals surface area contributed by atoms with Crippen LogP contribution in [0.3, 0.4) is 0 Å². The molecule has 1 saturated carbocycles. The molecule has 2 aliphatic rings. The maximum Gasteiger partial charge on any atom is 0.307 e. The zero-order valence-electron chi connectivity index (χ0n) is 11.7. The van der Waals surface area contributed by atoms with Gasteiger partial charge in [-0.25, -0.2) is 0 Å². The van der Waals surface area contributed by atoms with Gasteiger partial charge in [0, 0.05) is 17.6 Å². The number of nitrogens with zero attached hydrogens (tertiary/aromatic N) is 1. The molecule has 1 amide bonds. The van der Waals surface area contributed by atoms with Crippen LogP contribution in [-0.4, -0.2) is 35.0 Å². The predicted octanol–water partition coefficient (Wildman–Crippen LogP) is 2.70. The van der Waals surface area contributed by atoms with Gasteiger partial charge in [-0.2, -0.15) is 0 Å². The lowest BCUT2D eigenvalue weighted by Gasteiger charge is -2.32. The molecule has 5 heteroatoms. The van der Waals surface area contributed by atoms with E-state index < -0.39 is 5.97 Å². The Labute approximate surface area is 132 Å². The van der Waals surface area contributed by atoms with E-state index in [1.807, 2.05) is 29.2 Å². The van der Waals surface area contributed by atoms with Crippen LogP contribution >= 0.6 is 15.9 Å². The molecule has 1 saturated heterocycles. The number of carboxylic acid groups (broad SMARTS) is 1. The third-order valence-corrected chi connectivity index (χ3v) is 5.40. The van der Waals surface area contributed by atoms with E-state index in [9.17, 15) is 9.59 Å². The predicted molar refractivity (Wildman–Crippen MR) is 81.8 cm³/mol. The molecule has 0 aromatic heterocycles. The van der Waals surface area contributed by atoms with Crippen molar-refractivity contribution in [1.82, 2.24) is 4.90 Å². The first-order valence-electron chi connectivity index (χ1n) is 7.25. The summed E-state index contributed by atoms with van der Waals surface area (Å²) in [5.74, 6) is -0.717. The zero-order valence-corrected chi connectivity index (χ0v) is 13.3. The summed E-state index contributed by atoms with van der Waals surface area (Å²) in [4.78, 5) is 25.2. The van der Waals surface area contributed by atoms with Crippen LogP contribution in [0.5, 0.6) is 0 Å². The number of carbonyl (C=O) groups excluding carboxylic acids is 1. The lowest BCUT2D eigenvalue weighted by atomic mass is 9.90. The molecule has 0 bridgehead atoms. The normalized spacial score (nSPS) is 23.1. The fraction of sp³-hybridized carbons (Fsp3) is 0.500. The smallest absolute Gasteiger partial charge is 0.307 e. The summed E-state index contributed by atoms with van der Waals surface area (Å²) in [6, 6.07) is 7.79. The van der Waals surface area contributed by atoms with Crippen LogP contribution in [0.4, 0.5) is 0 Å². The monoisotopic (exact) mass is 351 g/mol. The first-order chi connectivity index (χ1) is 10.00. The van der Waals surface area contributed by atoms with Crippen LogP contribution in [0, 0.1) is 11.3 Å². The highest BCUT2D eigenvalue weighted by Gasteiger charge is 2.59. The molecule has 2 fully saturated rings. The zero-order chi connectivity index (χ0) is 15.0. The Balaban J connectivity index is 1.54. The van der Waals surface area contributed by atoms with Gasteiger partial charge < -0.3 is 10.0 Å². The van der Waals surface area contributed by atoms with E-state index in [0.717, 1.165) is 29.3 Å². The van der Waals surface area contributed by atoms with E-state index in [1.165, 1.54) is 0 Å². The molecular weight excluding hydrogens is 334 g/mol. The molecule has 3 rings (SSSR count). The van der Waals surface area contributed by atoms with Gasteiger partial charge >= 0.3 is 5.97 Å². The maximum absolute atomic E-state index is 12.3. The second-order valence-electron chi connectivity index (χ2n) is 6.14. The Morgan fingerprint density at radius 3 is 2.38 bits per heavy atom. The van der Waals surface area contributed by atoms with Gasteiger partial charge in [0.1, 0.15) is 0 Å². The fourth-order valence-corrected chi connectivity index (χ4v) is 3.60. The molecular formula is C16H18BrNO3. The Kier molecular flexibility index (Phi) is 3.78. The Morgan fingerprint density at radius 1 is 1.24 bits per heavy atom. The minimum atomic E-state index is -0.676. The quantitative estimate of drug-likeness (QED) is 0.910. The minimum Gasteiger partial charge on any atom is -0.481 e. The van der Waals surface area contributed by atoms with E-state index in [4.69, 9.17) is 5.11 Å². The van der Waals surface area contributed by atoms with Crippen molar-refractivity contribution in [2.75, 3.05) is 13.1 Å². The first kappa shape index (κ1) is 14.6. The van der Waals surface area contributed by atoms with Crippen molar-refractivity contribution in [1.29, 1.82) is 0 Å². The van der Waals surface area contributed by atoms with E-state index in [2.05, 4.69) is 15.9 Å². The topological polar surface area (TPSA) is 57.6 Å². The average Bonchev–Trinajstić information content (AvgIpc) is 3.16. The molecule has 1 aliphatic heterocycles. The molecule has 0 radical (unpaired) electrons. The number of likely N-dealkylation sites (tertiary alicyclic amines) is 1. The average molecular weight is 352 g/mol. The molecule has 21 heavy (non-hydrogen) atoms. The number of carbonyl (C=O) groups is 2.